The fourth-order valence-electron chi connectivity index (χ4n) is 1.54. The number of carboxylic acids is 1. The largest absolute Gasteiger partial charge is 0.476 e. The lowest BCUT2D eigenvalue weighted by molar-refractivity contribution is 0.0691. The third-order valence-corrected chi connectivity index (χ3v) is 2.83. The highest BCUT2D eigenvalue weighted by atomic mass is 35.5. The van der Waals surface area contributed by atoms with Gasteiger partial charge in [0.15, 0.2) is 5.69 Å². The van der Waals surface area contributed by atoms with Crippen molar-refractivity contribution < 1.29 is 9.90 Å². The molecule has 0 saturated carbocycles. The Morgan fingerprint density at radius 1 is 1.47 bits per heavy atom. The van der Waals surface area contributed by atoms with Crippen LogP contribution in [-0.2, 0) is 0 Å². The molecule has 0 aliphatic carbocycles. The molecule has 0 saturated heterocycles. The van der Waals surface area contributed by atoms with E-state index in [0.717, 1.165) is 25.9 Å². The number of hydrogen-bond donors (Lipinski definition) is 1. The Kier molecular flexibility index (Phi) is 5.22. The second-order valence-corrected chi connectivity index (χ2v) is 4.15. The first-order valence-electron chi connectivity index (χ1n) is 5.74. The summed E-state index contributed by atoms with van der Waals surface area (Å²) in [6.07, 6.45) is 2.15. The van der Waals surface area contributed by atoms with Crippen molar-refractivity contribution in [2.24, 2.45) is 0 Å². The van der Waals surface area contributed by atoms with E-state index in [0.29, 0.717) is 5.82 Å². The van der Waals surface area contributed by atoms with Gasteiger partial charge in [0.2, 0.25) is 0 Å². The molecular formula is C12H17ClN2O2. The van der Waals surface area contributed by atoms with E-state index in [4.69, 9.17) is 16.7 Å². The summed E-state index contributed by atoms with van der Waals surface area (Å²) < 4.78 is 0. The Morgan fingerprint density at radius 3 is 2.71 bits per heavy atom. The van der Waals surface area contributed by atoms with Crippen LogP contribution < -0.4 is 4.90 Å². The molecule has 5 heteroatoms. The summed E-state index contributed by atoms with van der Waals surface area (Å²) in [7, 11) is 0. The van der Waals surface area contributed by atoms with Crippen LogP contribution in [0.4, 0.5) is 5.82 Å². The van der Waals surface area contributed by atoms with E-state index in [1.807, 2.05) is 11.8 Å². The zero-order valence-electron chi connectivity index (χ0n) is 10.1. The fourth-order valence-corrected chi connectivity index (χ4v) is 1.73. The number of aromatic carboxylic acids is 1. The van der Waals surface area contributed by atoms with E-state index in [-0.39, 0.29) is 10.7 Å². The molecule has 0 amide bonds. The minimum atomic E-state index is -1.09. The maximum absolute atomic E-state index is 10.9. The zero-order chi connectivity index (χ0) is 12.8. The molecular weight excluding hydrogens is 240 g/mol. The van der Waals surface area contributed by atoms with Crippen LogP contribution in [0.15, 0.2) is 12.1 Å². The van der Waals surface area contributed by atoms with Crippen molar-refractivity contribution in [3.05, 3.63) is 22.8 Å². The molecule has 94 valence electrons. The van der Waals surface area contributed by atoms with Crippen LogP contribution in [0.5, 0.6) is 0 Å². The minimum Gasteiger partial charge on any atom is -0.476 e. The third-order valence-electron chi connectivity index (χ3n) is 2.52. The molecule has 0 spiro atoms. The van der Waals surface area contributed by atoms with Crippen molar-refractivity contribution in [3.8, 4) is 0 Å². The molecule has 0 aliphatic rings. The lowest BCUT2D eigenvalue weighted by Crippen LogP contribution is -2.25. The van der Waals surface area contributed by atoms with Gasteiger partial charge in [0.25, 0.3) is 0 Å². The number of anilines is 1. The lowest BCUT2D eigenvalue weighted by atomic mass is 10.3. The molecule has 4 nitrogen and oxygen atoms in total. The molecule has 1 N–H and O–H groups in total. The van der Waals surface area contributed by atoms with Crippen molar-refractivity contribution >= 4 is 23.4 Å². The average molecular weight is 257 g/mol. The van der Waals surface area contributed by atoms with E-state index >= 15 is 0 Å². The van der Waals surface area contributed by atoms with Crippen molar-refractivity contribution in [2.75, 3.05) is 18.0 Å². The summed E-state index contributed by atoms with van der Waals surface area (Å²) >= 11 is 5.78. The van der Waals surface area contributed by atoms with E-state index in [1.165, 1.54) is 0 Å². The molecule has 0 atom stereocenters. The standard InChI is InChI=1S/C12H17ClN2O2/c1-3-5-8-15(4-2)10-7-6-9(13)11(14-10)12(16)17/h6-7H,3-5,8H2,1-2H3,(H,16,17). The van der Waals surface area contributed by atoms with Crippen molar-refractivity contribution in [1.82, 2.24) is 4.98 Å². The number of halogens is 1. The monoisotopic (exact) mass is 256 g/mol. The normalized spacial score (nSPS) is 10.3. The molecule has 1 aromatic heterocycles. The van der Waals surface area contributed by atoms with Gasteiger partial charge in [-0.3, -0.25) is 0 Å². The van der Waals surface area contributed by atoms with Gasteiger partial charge in [-0.05, 0) is 25.5 Å². The SMILES string of the molecule is CCCCN(CC)c1ccc(Cl)c(C(=O)O)n1. The molecule has 0 aliphatic heterocycles. The fraction of sp³-hybridized carbons (Fsp3) is 0.500. The van der Waals surface area contributed by atoms with Crippen LogP contribution in [0.3, 0.4) is 0 Å². The maximum atomic E-state index is 10.9. The predicted octanol–water partition coefficient (Wildman–Crippen LogP) is 3.06. The van der Waals surface area contributed by atoms with Crippen LogP contribution in [0.1, 0.15) is 37.2 Å². The highest BCUT2D eigenvalue weighted by Gasteiger charge is 2.13. The van der Waals surface area contributed by atoms with Crippen LogP contribution in [0.25, 0.3) is 0 Å². The van der Waals surface area contributed by atoms with E-state index < -0.39 is 5.97 Å². The zero-order valence-corrected chi connectivity index (χ0v) is 10.9. The number of rotatable bonds is 6. The minimum absolute atomic E-state index is 0.0842. The maximum Gasteiger partial charge on any atom is 0.356 e. The molecule has 1 aromatic rings. The number of unbranched alkanes of at least 4 members (excludes halogenated alkanes) is 1. The number of aromatic nitrogens is 1. The van der Waals surface area contributed by atoms with Gasteiger partial charge in [-0.15, -0.1) is 0 Å². The first kappa shape index (κ1) is 13.8. The highest BCUT2D eigenvalue weighted by molar-refractivity contribution is 6.33. The van der Waals surface area contributed by atoms with E-state index in [2.05, 4.69) is 11.9 Å². The first-order chi connectivity index (χ1) is 8.10. The van der Waals surface area contributed by atoms with Crippen molar-refractivity contribution in [3.63, 3.8) is 0 Å². The number of carbonyl (C=O) groups is 1. The van der Waals surface area contributed by atoms with Gasteiger partial charge in [-0.1, -0.05) is 24.9 Å². The van der Waals surface area contributed by atoms with Gasteiger partial charge in [0, 0.05) is 13.1 Å². The summed E-state index contributed by atoms with van der Waals surface area (Å²) in [5, 5.41) is 9.13. The number of carboxylic acid groups (broad SMARTS) is 1. The molecule has 17 heavy (non-hydrogen) atoms. The van der Waals surface area contributed by atoms with Crippen LogP contribution >= 0.6 is 11.6 Å². The van der Waals surface area contributed by atoms with Crippen LogP contribution in [-0.4, -0.2) is 29.1 Å². The second kappa shape index (κ2) is 6.45. The Hall–Kier alpha value is -1.29. The van der Waals surface area contributed by atoms with Gasteiger partial charge in [-0.2, -0.15) is 0 Å². The van der Waals surface area contributed by atoms with Gasteiger partial charge in [-0.25, -0.2) is 9.78 Å². The lowest BCUT2D eigenvalue weighted by Gasteiger charge is -2.22. The third kappa shape index (κ3) is 3.60. The Morgan fingerprint density at radius 2 is 2.18 bits per heavy atom. The van der Waals surface area contributed by atoms with E-state index in [9.17, 15) is 4.79 Å². The Labute approximate surface area is 106 Å². The van der Waals surface area contributed by atoms with Crippen molar-refractivity contribution in [2.45, 2.75) is 26.7 Å². The van der Waals surface area contributed by atoms with Gasteiger partial charge < -0.3 is 10.0 Å². The second-order valence-electron chi connectivity index (χ2n) is 3.74. The number of pyridine rings is 1. The van der Waals surface area contributed by atoms with Crippen LogP contribution in [0.2, 0.25) is 5.02 Å². The van der Waals surface area contributed by atoms with Crippen molar-refractivity contribution in [1.29, 1.82) is 0 Å². The predicted molar refractivity (Wildman–Crippen MR) is 69.0 cm³/mol. The topological polar surface area (TPSA) is 53.4 Å². The number of nitrogens with zero attached hydrogens (tertiary/aromatic N) is 2. The smallest absolute Gasteiger partial charge is 0.356 e. The molecule has 0 radical (unpaired) electrons. The molecule has 0 bridgehead atoms. The molecule has 0 fully saturated rings. The molecule has 1 heterocycles. The average Bonchev–Trinajstić information content (AvgIpc) is 2.31. The van der Waals surface area contributed by atoms with Gasteiger partial charge >= 0.3 is 5.97 Å². The quantitative estimate of drug-likeness (QED) is 0.850. The Bertz CT molecular complexity index is 396. The summed E-state index contributed by atoms with van der Waals surface area (Å²) in [5.41, 5.74) is -0.0842. The molecule has 0 aromatic carbocycles. The van der Waals surface area contributed by atoms with Crippen LogP contribution in [0, 0.1) is 0 Å². The number of hydrogen-bond acceptors (Lipinski definition) is 3. The first-order valence-corrected chi connectivity index (χ1v) is 6.12. The van der Waals surface area contributed by atoms with Gasteiger partial charge in [0.1, 0.15) is 5.82 Å². The summed E-state index contributed by atoms with van der Waals surface area (Å²) in [6.45, 7) is 5.81. The van der Waals surface area contributed by atoms with E-state index in [1.54, 1.807) is 12.1 Å². The summed E-state index contributed by atoms with van der Waals surface area (Å²) in [5.74, 6) is -0.425. The Balaban J connectivity index is 2.96. The summed E-state index contributed by atoms with van der Waals surface area (Å²) in [6, 6.07) is 3.34. The van der Waals surface area contributed by atoms with Gasteiger partial charge in [0.05, 0.1) is 5.02 Å². The highest BCUT2D eigenvalue weighted by Crippen LogP contribution is 2.19. The molecule has 1 rings (SSSR count). The molecule has 0 unspecified atom stereocenters. The summed E-state index contributed by atoms with van der Waals surface area (Å²) in [4.78, 5) is 17.1.